The van der Waals surface area contributed by atoms with Gasteiger partial charge in [0.05, 0.1) is 18.8 Å². The summed E-state index contributed by atoms with van der Waals surface area (Å²) in [4.78, 5) is 32.6. The van der Waals surface area contributed by atoms with Gasteiger partial charge in [-0.3, -0.25) is 18.5 Å². The lowest BCUT2D eigenvalue weighted by Gasteiger charge is -2.07. The molecule has 0 aliphatic carbocycles. The van der Waals surface area contributed by atoms with Gasteiger partial charge in [0.1, 0.15) is 6.07 Å². The molecule has 3 aromatic heterocycles. The largest absolute Gasteiger partial charge is 0.478 e. The lowest BCUT2D eigenvalue weighted by Crippen LogP contribution is -2.37. The van der Waals surface area contributed by atoms with Crippen molar-refractivity contribution in [1.82, 2.24) is 23.7 Å². The number of aromatic nitrogens is 5. The summed E-state index contributed by atoms with van der Waals surface area (Å²) in [7, 11) is 4.64. The van der Waals surface area contributed by atoms with Crippen LogP contribution in [0.1, 0.15) is 12.0 Å². The van der Waals surface area contributed by atoms with Crippen LogP contribution in [0.25, 0.3) is 11.2 Å². The summed E-state index contributed by atoms with van der Waals surface area (Å²) in [5, 5.41) is 8.73. The fraction of sp³-hybridized carbons (Fsp3) is 0.353. The maximum Gasteiger partial charge on any atom is 0.332 e. The van der Waals surface area contributed by atoms with E-state index in [1.807, 2.05) is 6.07 Å². The number of fused-ring (bicyclic) bond motifs is 1. The van der Waals surface area contributed by atoms with E-state index in [4.69, 9.17) is 14.7 Å². The number of pyridine rings is 1. The van der Waals surface area contributed by atoms with Crippen LogP contribution in [0.3, 0.4) is 0 Å². The van der Waals surface area contributed by atoms with Crippen molar-refractivity contribution >= 4 is 11.2 Å². The Morgan fingerprint density at radius 2 is 1.81 bits per heavy atom. The molecule has 3 rings (SSSR count). The molecule has 0 spiro atoms. The molecule has 0 N–H and O–H groups in total. The molecule has 0 aliphatic heterocycles. The third-order valence-corrected chi connectivity index (χ3v) is 4.07. The SMILES string of the molecule is Cn1c(=O)c2c(nc(OCCCOc3ccc(C#N)cn3)n2C)n(C)c1=O. The fourth-order valence-corrected chi connectivity index (χ4v) is 2.56. The highest BCUT2D eigenvalue weighted by atomic mass is 16.5. The normalized spacial score (nSPS) is 10.7. The van der Waals surface area contributed by atoms with Gasteiger partial charge in [-0.25, -0.2) is 9.78 Å². The van der Waals surface area contributed by atoms with E-state index < -0.39 is 11.2 Å². The Morgan fingerprint density at radius 3 is 2.48 bits per heavy atom. The van der Waals surface area contributed by atoms with Gasteiger partial charge in [0, 0.05) is 39.8 Å². The molecular formula is C17H18N6O4. The number of hydrogen-bond donors (Lipinski definition) is 0. The minimum atomic E-state index is -0.444. The summed E-state index contributed by atoms with van der Waals surface area (Å²) >= 11 is 0. The average Bonchev–Trinajstić information content (AvgIpc) is 3.01. The van der Waals surface area contributed by atoms with Crippen LogP contribution >= 0.6 is 0 Å². The molecule has 0 atom stereocenters. The number of ether oxygens (including phenoxy) is 2. The molecule has 0 aliphatic rings. The smallest absolute Gasteiger partial charge is 0.332 e. The van der Waals surface area contributed by atoms with E-state index in [0.29, 0.717) is 36.6 Å². The highest BCUT2D eigenvalue weighted by molar-refractivity contribution is 5.71. The summed E-state index contributed by atoms with van der Waals surface area (Å²) in [6, 6.07) is 5.49. The molecule has 0 saturated heterocycles. The average molecular weight is 370 g/mol. The Balaban J connectivity index is 1.64. The van der Waals surface area contributed by atoms with E-state index in [2.05, 4.69) is 9.97 Å². The number of rotatable bonds is 6. The summed E-state index contributed by atoms with van der Waals surface area (Å²) in [5.41, 5.74) is 0.174. The Labute approximate surface area is 153 Å². The minimum absolute atomic E-state index is 0.250. The van der Waals surface area contributed by atoms with Crippen LogP contribution < -0.4 is 20.7 Å². The lowest BCUT2D eigenvalue weighted by atomic mass is 10.3. The van der Waals surface area contributed by atoms with Crippen LogP contribution in [0.15, 0.2) is 27.9 Å². The molecule has 0 unspecified atom stereocenters. The van der Waals surface area contributed by atoms with Gasteiger partial charge in [-0.1, -0.05) is 0 Å². The van der Waals surface area contributed by atoms with E-state index in [9.17, 15) is 9.59 Å². The van der Waals surface area contributed by atoms with Crippen LogP contribution in [-0.2, 0) is 21.1 Å². The van der Waals surface area contributed by atoms with E-state index in [1.165, 1.54) is 22.4 Å². The summed E-state index contributed by atoms with van der Waals surface area (Å²) < 4.78 is 15.0. The third kappa shape index (κ3) is 3.39. The van der Waals surface area contributed by atoms with E-state index >= 15 is 0 Å². The van der Waals surface area contributed by atoms with Crippen LogP contribution in [0.4, 0.5) is 0 Å². The van der Waals surface area contributed by atoms with Crippen molar-refractivity contribution < 1.29 is 9.47 Å². The molecule has 0 radical (unpaired) electrons. The topological polar surface area (TPSA) is 117 Å². The second kappa shape index (κ2) is 7.33. The second-order valence-electron chi connectivity index (χ2n) is 5.88. The minimum Gasteiger partial charge on any atom is -0.478 e. The van der Waals surface area contributed by atoms with Crippen molar-refractivity contribution in [3.05, 3.63) is 44.7 Å². The Hall–Kier alpha value is -3.61. The van der Waals surface area contributed by atoms with Gasteiger partial charge < -0.3 is 9.47 Å². The standard InChI is InChI=1S/C17H18N6O4/c1-21-13-14(22(2)17(25)23(3)15(13)24)20-16(21)27-8-4-7-26-12-6-5-11(9-18)10-19-12/h5-6,10H,4,7-8H2,1-3H3. The molecule has 0 fully saturated rings. The fourth-order valence-electron chi connectivity index (χ4n) is 2.56. The highest BCUT2D eigenvalue weighted by Crippen LogP contribution is 2.15. The Morgan fingerprint density at radius 1 is 1.07 bits per heavy atom. The van der Waals surface area contributed by atoms with Crippen molar-refractivity contribution in [3.63, 3.8) is 0 Å². The maximum atomic E-state index is 12.3. The van der Waals surface area contributed by atoms with Gasteiger partial charge >= 0.3 is 5.69 Å². The Bertz CT molecular complexity index is 1130. The summed E-state index contributed by atoms with van der Waals surface area (Å²) in [6.45, 7) is 0.671. The van der Waals surface area contributed by atoms with Crippen LogP contribution in [0, 0.1) is 11.3 Å². The number of aryl methyl sites for hydroxylation is 2. The zero-order chi connectivity index (χ0) is 19.6. The van der Waals surface area contributed by atoms with Crippen molar-refractivity contribution in [2.24, 2.45) is 21.1 Å². The molecule has 10 heteroatoms. The second-order valence-corrected chi connectivity index (χ2v) is 5.88. The maximum absolute atomic E-state index is 12.3. The number of nitriles is 1. The number of nitrogens with zero attached hydrogens (tertiary/aromatic N) is 6. The van der Waals surface area contributed by atoms with E-state index in [-0.39, 0.29) is 11.7 Å². The van der Waals surface area contributed by atoms with Gasteiger partial charge in [-0.05, 0) is 6.07 Å². The van der Waals surface area contributed by atoms with Gasteiger partial charge in [-0.2, -0.15) is 10.2 Å². The molecule has 3 heterocycles. The summed E-state index contributed by atoms with van der Waals surface area (Å²) in [6.07, 6.45) is 2.00. The monoisotopic (exact) mass is 370 g/mol. The lowest BCUT2D eigenvalue weighted by molar-refractivity contribution is 0.228. The molecule has 10 nitrogen and oxygen atoms in total. The van der Waals surface area contributed by atoms with E-state index in [1.54, 1.807) is 26.2 Å². The Kier molecular flexibility index (Phi) is 4.94. The molecular weight excluding hydrogens is 352 g/mol. The molecule has 0 aromatic carbocycles. The van der Waals surface area contributed by atoms with Gasteiger partial charge in [0.2, 0.25) is 5.88 Å². The number of imidazole rings is 1. The van der Waals surface area contributed by atoms with Crippen molar-refractivity contribution in [3.8, 4) is 18.0 Å². The van der Waals surface area contributed by atoms with Crippen molar-refractivity contribution in [2.45, 2.75) is 6.42 Å². The van der Waals surface area contributed by atoms with Crippen LogP contribution in [0.2, 0.25) is 0 Å². The first-order chi connectivity index (χ1) is 12.9. The molecule has 0 amide bonds. The quantitative estimate of drug-likeness (QED) is 0.564. The van der Waals surface area contributed by atoms with Crippen molar-refractivity contribution in [2.75, 3.05) is 13.2 Å². The van der Waals surface area contributed by atoms with Crippen LogP contribution in [-0.4, -0.2) is 36.9 Å². The first-order valence-corrected chi connectivity index (χ1v) is 8.18. The zero-order valence-corrected chi connectivity index (χ0v) is 15.2. The molecule has 3 aromatic rings. The third-order valence-electron chi connectivity index (χ3n) is 4.07. The van der Waals surface area contributed by atoms with Crippen molar-refractivity contribution in [1.29, 1.82) is 5.26 Å². The van der Waals surface area contributed by atoms with Crippen LogP contribution in [0.5, 0.6) is 11.9 Å². The number of hydrogen-bond acceptors (Lipinski definition) is 7. The first-order valence-electron chi connectivity index (χ1n) is 8.18. The summed E-state index contributed by atoms with van der Waals surface area (Å²) in [5.74, 6) is 0.426. The van der Waals surface area contributed by atoms with Gasteiger partial charge in [0.15, 0.2) is 11.2 Å². The first kappa shape index (κ1) is 18.2. The van der Waals surface area contributed by atoms with E-state index in [0.717, 1.165) is 4.57 Å². The molecule has 0 bridgehead atoms. The van der Waals surface area contributed by atoms with Gasteiger partial charge in [-0.15, -0.1) is 0 Å². The molecule has 140 valence electrons. The predicted octanol–water partition coefficient (Wildman–Crippen LogP) is 0.0853. The van der Waals surface area contributed by atoms with Gasteiger partial charge in [0.25, 0.3) is 11.6 Å². The zero-order valence-electron chi connectivity index (χ0n) is 15.2. The molecule has 0 saturated carbocycles. The highest BCUT2D eigenvalue weighted by Gasteiger charge is 2.17. The molecule has 27 heavy (non-hydrogen) atoms. The predicted molar refractivity (Wildman–Crippen MR) is 95.8 cm³/mol.